The minimum absolute atomic E-state index is 0.0434. The van der Waals surface area contributed by atoms with E-state index in [0.717, 1.165) is 17.9 Å². The normalized spacial score (nSPS) is 32.3. The van der Waals surface area contributed by atoms with Crippen LogP contribution in [0.2, 0.25) is 0 Å². The van der Waals surface area contributed by atoms with Gasteiger partial charge in [0.15, 0.2) is 0 Å². The van der Waals surface area contributed by atoms with Gasteiger partial charge in [-0.15, -0.1) is 0 Å². The summed E-state index contributed by atoms with van der Waals surface area (Å²) in [6.07, 6.45) is 5.49. The van der Waals surface area contributed by atoms with Crippen LogP contribution in [-0.4, -0.2) is 59.0 Å². The number of nitrogens with one attached hydrogen (secondary N) is 3. The fourth-order valence-corrected chi connectivity index (χ4v) is 3.63. The molecule has 3 rings (SSSR count). The van der Waals surface area contributed by atoms with E-state index < -0.39 is 18.4 Å². The molecule has 0 bridgehead atoms. The topological polar surface area (TPSA) is 148 Å². The van der Waals surface area contributed by atoms with Crippen molar-refractivity contribution in [3.8, 4) is 0 Å². The minimum Gasteiger partial charge on any atom is -0.375 e. The van der Waals surface area contributed by atoms with Gasteiger partial charge in [0, 0.05) is 25.3 Å². The van der Waals surface area contributed by atoms with E-state index in [1.807, 2.05) is 0 Å². The molecule has 0 aromatic carbocycles. The Balaban J connectivity index is 1.28. The van der Waals surface area contributed by atoms with Crippen molar-refractivity contribution in [1.29, 1.82) is 0 Å². The standard InChI is InChI=1S/C18H30N6O5/c25-14(2-1-3-17(28)29-24-15(26)8-9-16(24)27)19-10-12-4-6-13(7-5-12)18-22-20-11-21-23-18/h4,6,12-13,15-16,18,20,22,26-27H,1-3,5,7-11H2,(H,19,25). The molecule has 0 spiro atoms. The van der Waals surface area contributed by atoms with Crippen molar-refractivity contribution in [3.63, 3.8) is 0 Å². The first kappa shape index (κ1) is 21.8. The summed E-state index contributed by atoms with van der Waals surface area (Å²) in [6, 6.07) is 0. The third kappa shape index (κ3) is 6.54. The number of carbonyl (C=O) groups is 2. The summed E-state index contributed by atoms with van der Waals surface area (Å²) in [4.78, 5) is 28.8. The third-order valence-corrected chi connectivity index (χ3v) is 5.34. The predicted molar refractivity (Wildman–Crippen MR) is 101 cm³/mol. The minimum atomic E-state index is -0.978. The fraction of sp³-hybridized carbons (Fsp3) is 0.778. The fourth-order valence-electron chi connectivity index (χ4n) is 3.63. The van der Waals surface area contributed by atoms with Crippen molar-refractivity contribution < 1.29 is 24.6 Å². The van der Waals surface area contributed by atoms with Gasteiger partial charge in [-0.2, -0.15) is 10.2 Å². The van der Waals surface area contributed by atoms with Crippen LogP contribution in [-0.2, 0) is 14.4 Å². The van der Waals surface area contributed by atoms with E-state index in [1.165, 1.54) is 0 Å². The number of azo groups is 1. The van der Waals surface area contributed by atoms with Crippen molar-refractivity contribution in [2.45, 2.75) is 63.6 Å². The molecule has 5 N–H and O–H groups in total. The molecule has 1 aliphatic carbocycles. The zero-order valence-corrected chi connectivity index (χ0v) is 16.4. The van der Waals surface area contributed by atoms with Crippen molar-refractivity contribution in [3.05, 3.63) is 12.2 Å². The Labute approximate surface area is 169 Å². The number of hydroxylamine groups is 2. The third-order valence-electron chi connectivity index (χ3n) is 5.34. The maximum atomic E-state index is 12.0. The molecule has 1 fully saturated rings. The molecule has 0 radical (unpaired) electrons. The summed E-state index contributed by atoms with van der Waals surface area (Å²) >= 11 is 0. The number of nitrogens with zero attached hydrogens (tertiary/aromatic N) is 3. The number of rotatable bonds is 8. The van der Waals surface area contributed by atoms with Gasteiger partial charge in [-0.05, 0) is 38.0 Å². The number of aliphatic hydroxyl groups is 2. The highest BCUT2D eigenvalue weighted by molar-refractivity contribution is 5.77. The second-order valence-corrected chi connectivity index (χ2v) is 7.59. The zero-order chi connectivity index (χ0) is 20.6. The lowest BCUT2D eigenvalue weighted by atomic mass is 9.87. The first-order valence-corrected chi connectivity index (χ1v) is 10.2. The summed E-state index contributed by atoms with van der Waals surface area (Å²) in [5, 5.41) is 31.2. The maximum Gasteiger partial charge on any atom is 0.325 e. The Morgan fingerprint density at radius 3 is 2.59 bits per heavy atom. The van der Waals surface area contributed by atoms with Crippen LogP contribution in [0.15, 0.2) is 22.4 Å². The van der Waals surface area contributed by atoms with Gasteiger partial charge in [-0.3, -0.25) is 9.59 Å². The van der Waals surface area contributed by atoms with Gasteiger partial charge >= 0.3 is 5.97 Å². The molecule has 0 saturated carbocycles. The molecular weight excluding hydrogens is 380 g/mol. The van der Waals surface area contributed by atoms with Crippen LogP contribution in [0.1, 0.15) is 44.9 Å². The highest BCUT2D eigenvalue weighted by Gasteiger charge is 2.34. The molecule has 11 nitrogen and oxygen atoms in total. The maximum absolute atomic E-state index is 12.0. The number of hydrazine groups is 1. The van der Waals surface area contributed by atoms with Crippen LogP contribution in [0.25, 0.3) is 0 Å². The molecule has 2 aliphatic heterocycles. The lowest BCUT2D eigenvalue weighted by Crippen LogP contribution is -2.46. The van der Waals surface area contributed by atoms with Crippen molar-refractivity contribution in [1.82, 2.24) is 21.2 Å². The quantitative estimate of drug-likeness (QED) is 0.348. The molecule has 11 heteroatoms. The summed E-state index contributed by atoms with van der Waals surface area (Å²) in [5.41, 5.74) is 6.09. The first-order valence-electron chi connectivity index (χ1n) is 10.2. The molecule has 3 aliphatic rings. The molecule has 29 heavy (non-hydrogen) atoms. The van der Waals surface area contributed by atoms with Gasteiger partial charge < -0.3 is 20.4 Å². The lowest BCUT2D eigenvalue weighted by molar-refractivity contribution is -0.261. The summed E-state index contributed by atoms with van der Waals surface area (Å²) in [5.74, 6) is -0.104. The van der Waals surface area contributed by atoms with Crippen LogP contribution in [0.5, 0.6) is 0 Å². The number of hydrogen-bond donors (Lipinski definition) is 5. The largest absolute Gasteiger partial charge is 0.375 e. The van der Waals surface area contributed by atoms with E-state index in [9.17, 15) is 19.8 Å². The summed E-state index contributed by atoms with van der Waals surface area (Å²) < 4.78 is 0. The van der Waals surface area contributed by atoms with E-state index in [0.29, 0.717) is 32.5 Å². The molecule has 1 amide bonds. The first-order chi connectivity index (χ1) is 14.0. The highest BCUT2D eigenvalue weighted by atomic mass is 16.7. The van der Waals surface area contributed by atoms with Crippen LogP contribution in [0.3, 0.4) is 0 Å². The van der Waals surface area contributed by atoms with E-state index in [4.69, 9.17) is 4.84 Å². The van der Waals surface area contributed by atoms with Gasteiger partial charge in [0.1, 0.15) is 25.3 Å². The number of carbonyl (C=O) groups excluding carboxylic acids is 2. The smallest absolute Gasteiger partial charge is 0.325 e. The zero-order valence-electron chi connectivity index (χ0n) is 16.4. The second kappa shape index (κ2) is 10.7. The second-order valence-electron chi connectivity index (χ2n) is 7.59. The number of hydrogen-bond acceptors (Lipinski definition) is 10. The number of aliphatic hydroxyl groups excluding tert-OH is 2. The summed E-state index contributed by atoms with van der Waals surface area (Å²) in [7, 11) is 0. The van der Waals surface area contributed by atoms with Gasteiger partial charge in [0.2, 0.25) is 5.91 Å². The van der Waals surface area contributed by atoms with Crippen molar-refractivity contribution in [2.75, 3.05) is 13.2 Å². The van der Waals surface area contributed by atoms with E-state index in [2.05, 4.69) is 38.5 Å². The molecular formula is C18H30N6O5. The Morgan fingerprint density at radius 2 is 1.93 bits per heavy atom. The van der Waals surface area contributed by atoms with Gasteiger partial charge in [-0.25, -0.2) is 10.9 Å². The molecule has 1 saturated heterocycles. The average Bonchev–Trinajstić information content (AvgIpc) is 3.05. The van der Waals surface area contributed by atoms with Crippen molar-refractivity contribution >= 4 is 11.9 Å². The van der Waals surface area contributed by atoms with Crippen LogP contribution >= 0.6 is 0 Å². The van der Waals surface area contributed by atoms with E-state index in [-0.39, 0.29) is 36.8 Å². The molecule has 0 aromatic heterocycles. The molecule has 5 unspecified atom stereocenters. The Morgan fingerprint density at radius 1 is 1.14 bits per heavy atom. The van der Waals surface area contributed by atoms with E-state index in [1.54, 1.807) is 0 Å². The summed E-state index contributed by atoms with van der Waals surface area (Å²) in [6.45, 7) is 1.05. The van der Waals surface area contributed by atoms with Crippen LogP contribution < -0.4 is 16.2 Å². The van der Waals surface area contributed by atoms with Crippen molar-refractivity contribution in [2.24, 2.45) is 22.1 Å². The van der Waals surface area contributed by atoms with Gasteiger partial charge in [0.25, 0.3) is 0 Å². The van der Waals surface area contributed by atoms with Crippen LogP contribution in [0, 0.1) is 11.8 Å². The lowest BCUT2D eigenvalue weighted by Gasteiger charge is -2.28. The van der Waals surface area contributed by atoms with Crippen LogP contribution in [0.4, 0.5) is 0 Å². The molecule has 2 heterocycles. The SMILES string of the molecule is O=C(CCCC(=O)ON1C(O)CCC1O)NCC1C=CC(C2N=NCNN2)CC1. The Hall–Kier alpha value is -1.92. The predicted octanol–water partition coefficient (Wildman–Crippen LogP) is -0.110. The van der Waals surface area contributed by atoms with Gasteiger partial charge in [0.05, 0.1) is 0 Å². The molecule has 5 atom stereocenters. The molecule has 0 aromatic rings. The number of amides is 1. The Bertz CT molecular complexity index is 620. The highest BCUT2D eigenvalue weighted by Crippen LogP contribution is 2.25. The monoisotopic (exact) mass is 410 g/mol. The van der Waals surface area contributed by atoms with Gasteiger partial charge in [-0.1, -0.05) is 17.2 Å². The average molecular weight is 410 g/mol. The Kier molecular flexibility index (Phi) is 8.07. The molecule has 162 valence electrons. The van der Waals surface area contributed by atoms with E-state index >= 15 is 0 Å².